The van der Waals surface area contributed by atoms with Gasteiger partial charge in [-0.05, 0) is 131 Å². The number of amides is 7. The quantitative estimate of drug-likeness (QED) is 0.0190. The van der Waals surface area contributed by atoms with Crippen molar-refractivity contribution in [1.29, 1.82) is 0 Å². The van der Waals surface area contributed by atoms with Crippen LogP contribution in [0.5, 0.6) is 0 Å². The normalized spacial score (nSPS) is 16.4. The molecule has 1 saturated heterocycles. The van der Waals surface area contributed by atoms with E-state index in [0.717, 1.165) is 79.6 Å². The van der Waals surface area contributed by atoms with Gasteiger partial charge in [0.1, 0.15) is 22.8 Å². The summed E-state index contributed by atoms with van der Waals surface area (Å²) < 4.78 is 28.7. The second-order valence-corrected chi connectivity index (χ2v) is 30.7. The van der Waals surface area contributed by atoms with Crippen molar-refractivity contribution in [1.82, 2.24) is 41.4 Å². The lowest BCUT2D eigenvalue weighted by molar-refractivity contribution is -0.147. The first-order valence-corrected chi connectivity index (χ1v) is 40.5. The van der Waals surface area contributed by atoms with Gasteiger partial charge in [0, 0.05) is 87.5 Å². The minimum atomic E-state index is -1.26. The highest BCUT2D eigenvalue weighted by molar-refractivity contribution is 7.09. The Morgan fingerprint density at radius 3 is 2.12 bits per heavy atom. The standard InChI is InChI=1S/C83H124N10O16S/c1-11-14-15-21-41-92(81(102)77(58(6)12-2)85-53-65-25-20-22-40-91(65)10)70(57(4)5)51-71(109-13-3)80-90-68(56-110-80)79(101)88-64(52-83(8,9)82(103)104)50-60-29-32-63(33-30-60)87-74(96)54-86-78(100)67(34-37-76(98)99)89-73(95)38-42-105-44-46-107-48-49-108-47-45-106-43-39-84-72(94)35-36-75(97)93-55-62-24-16-18-26-66(62)59(7)28-31-61-23-17-19-27-69(61)93/h16-19,23-24,26-33,56-59,64-65,67,70-71,77,85H,11-15,20-22,25,34-55H2,1-10H3,(H,84,94)(H,86,100)(H,87,96)(H,88,101)(H,89,95)(H,98,99)(H,103,104)/b31-28-/t58-,59?,64-,65?,67-,70+,71+,77-/m0/s1. The molecule has 110 heavy (non-hydrogen) atoms. The summed E-state index contributed by atoms with van der Waals surface area (Å²) in [5.74, 6) is -4.59. The van der Waals surface area contributed by atoms with Crippen LogP contribution in [0.4, 0.5) is 11.4 Å². The van der Waals surface area contributed by atoms with E-state index >= 15 is 4.79 Å². The third kappa shape index (κ3) is 31.3. The number of fused-ring (bicyclic) bond motifs is 2. The van der Waals surface area contributed by atoms with Gasteiger partial charge in [0.15, 0.2) is 0 Å². The largest absolute Gasteiger partial charge is 0.481 e. The maximum absolute atomic E-state index is 15.1. The molecule has 2 aliphatic heterocycles. The molecule has 0 radical (unpaired) electrons. The number of allylic oxidation sites excluding steroid dienone is 1. The molecule has 0 aliphatic carbocycles. The first kappa shape index (κ1) is 90.9. The van der Waals surface area contributed by atoms with E-state index in [2.05, 4.69) is 109 Å². The number of nitrogens with zero attached hydrogens (tertiary/aromatic N) is 4. The molecule has 7 amide bonds. The van der Waals surface area contributed by atoms with Crippen LogP contribution in [0.2, 0.25) is 0 Å². The number of anilines is 2. The van der Waals surface area contributed by atoms with Crippen LogP contribution in [0.15, 0.2) is 84.3 Å². The summed E-state index contributed by atoms with van der Waals surface area (Å²) in [5.41, 5.74) is 3.97. The maximum atomic E-state index is 15.1. The molecule has 8 atom stereocenters. The van der Waals surface area contributed by atoms with Crippen LogP contribution in [0.1, 0.15) is 208 Å². The lowest BCUT2D eigenvalue weighted by atomic mass is 9.84. The number of rotatable bonds is 51. The highest BCUT2D eigenvalue weighted by Gasteiger charge is 2.38. The molecule has 3 aromatic carbocycles. The number of aromatic nitrogens is 1. The molecule has 2 unspecified atom stereocenters. The number of carboxylic acids is 2. The van der Waals surface area contributed by atoms with Gasteiger partial charge in [-0.25, -0.2) is 4.98 Å². The fraction of sp³-hybridized carbons (Fsp3) is 0.614. The zero-order valence-electron chi connectivity index (χ0n) is 66.6. The van der Waals surface area contributed by atoms with Crippen molar-refractivity contribution in [2.75, 3.05) is 109 Å². The molecule has 0 bridgehead atoms. The van der Waals surface area contributed by atoms with Crippen LogP contribution >= 0.6 is 11.3 Å². The summed E-state index contributed by atoms with van der Waals surface area (Å²) in [6, 6.07) is 20.5. The maximum Gasteiger partial charge on any atom is 0.309 e. The Hall–Kier alpha value is -8.02. The summed E-state index contributed by atoms with van der Waals surface area (Å²) in [5, 5.41) is 39.3. The fourth-order valence-corrected chi connectivity index (χ4v) is 14.5. The number of carbonyl (C=O) groups excluding carboxylic acids is 7. The van der Waals surface area contributed by atoms with E-state index in [-0.39, 0.29) is 138 Å². The third-order valence-electron chi connectivity index (χ3n) is 20.3. The molecule has 1 aromatic heterocycles. The lowest BCUT2D eigenvalue weighted by Gasteiger charge is -2.40. The van der Waals surface area contributed by atoms with Crippen molar-refractivity contribution >= 4 is 82.1 Å². The van der Waals surface area contributed by atoms with E-state index in [4.69, 9.17) is 28.7 Å². The predicted octanol–water partition coefficient (Wildman–Crippen LogP) is 10.5. The molecule has 3 heterocycles. The van der Waals surface area contributed by atoms with Crippen molar-refractivity contribution in [3.63, 3.8) is 0 Å². The zero-order valence-corrected chi connectivity index (χ0v) is 67.4. The zero-order chi connectivity index (χ0) is 80.0. The first-order valence-electron chi connectivity index (χ1n) is 39.6. The molecule has 4 aromatic rings. The van der Waals surface area contributed by atoms with Crippen molar-refractivity contribution in [3.8, 4) is 0 Å². The van der Waals surface area contributed by atoms with E-state index in [1.165, 1.54) is 24.2 Å². The number of hydrogen-bond donors (Lipinski definition) is 8. The molecular formula is C83H124N10O16S. The van der Waals surface area contributed by atoms with Crippen molar-refractivity contribution < 1.29 is 77.0 Å². The van der Waals surface area contributed by atoms with Gasteiger partial charge >= 0.3 is 11.9 Å². The van der Waals surface area contributed by atoms with Gasteiger partial charge in [-0.15, -0.1) is 11.3 Å². The number of para-hydroxylation sites is 1. The summed E-state index contributed by atoms with van der Waals surface area (Å²) >= 11 is 1.31. The van der Waals surface area contributed by atoms with Crippen LogP contribution in [-0.2, 0) is 75.0 Å². The Labute approximate surface area is 655 Å². The van der Waals surface area contributed by atoms with Gasteiger partial charge < -0.3 is 80.5 Å². The Balaban J connectivity index is 0.890. The minimum absolute atomic E-state index is 0.0175. The number of thiazole rings is 1. The summed E-state index contributed by atoms with van der Waals surface area (Å²) in [4.78, 5) is 130. The number of aliphatic carboxylic acids is 2. The molecule has 608 valence electrons. The average molecular weight is 1550 g/mol. The van der Waals surface area contributed by atoms with E-state index in [1.54, 1.807) is 48.4 Å². The Kier molecular flexibility index (Phi) is 40.2. The van der Waals surface area contributed by atoms with Crippen LogP contribution in [0.25, 0.3) is 6.08 Å². The summed E-state index contributed by atoms with van der Waals surface area (Å²) in [6.45, 7) is 22.7. The van der Waals surface area contributed by atoms with Crippen LogP contribution < -0.4 is 36.8 Å². The molecular weight excluding hydrogens is 1430 g/mol. The van der Waals surface area contributed by atoms with Crippen molar-refractivity contribution in [2.45, 2.75) is 214 Å². The summed E-state index contributed by atoms with van der Waals surface area (Å²) in [6.07, 6.45) is 12.1. The topological polar surface area (TPSA) is 335 Å². The summed E-state index contributed by atoms with van der Waals surface area (Å²) in [7, 11) is 2.17. The predicted molar refractivity (Wildman–Crippen MR) is 427 cm³/mol. The fourth-order valence-electron chi connectivity index (χ4n) is 13.6. The van der Waals surface area contributed by atoms with E-state index in [9.17, 15) is 48.6 Å². The minimum Gasteiger partial charge on any atom is -0.481 e. The lowest BCUT2D eigenvalue weighted by Crippen LogP contribution is -2.56. The average Bonchev–Trinajstić information content (AvgIpc) is 1.45. The SMILES string of the molecule is CCCCCCN(C(=O)[C@@H](NCC1CCCCN1C)[C@@H](C)CC)[C@H](C[C@@H](OCC)c1nc(C(=O)N[C@@H](Cc2ccc(NC(=O)CNC(=O)[C@H](CCC(=O)O)NC(=O)CCOCCOCCOCCOCCNC(=O)CCC(=O)N3Cc4ccccc4C(C)/C=C\c4ccccc43)cc2)CC(C)(C)C(=O)O)cs1)C(C)C. The van der Waals surface area contributed by atoms with Gasteiger partial charge in [0.05, 0.1) is 83.1 Å². The molecule has 6 rings (SSSR count). The van der Waals surface area contributed by atoms with Crippen LogP contribution in [0.3, 0.4) is 0 Å². The van der Waals surface area contributed by atoms with E-state index in [1.807, 2.05) is 49.4 Å². The first-order chi connectivity index (χ1) is 52.8. The molecule has 2 aliphatic rings. The molecule has 27 heteroatoms. The highest BCUT2D eigenvalue weighted by Crippen LogP contribution is 2.35. The van der Waals surface area contributed by atoms with Gasteiger partial charge in [-0.3, -0.25) is 43.2 Å². The number of piperidine rings is 1. The number of nitrogens with one attached hydrogen (secondary N) is 6. The Bertz CT molecular complexity index is 3550. The van der Waals surface area contributed by atoms with Crippen LogP contribution in [0, 0.1) is 17.3 Å². The molecule has 8 N–H and O–H groups in total. The number of likely N-dealkylation sites (tertiary alicyclic amines) is 1. The van der Waals surface area contributed by atoms with Gasteiger partial charge in [0.2, 0.25) is 35.4 Å². The van der Waals surface area contributed by atoms with Crippen molar-refractivity contribution in [2.24, 2.45) is 17.3 Å². The van der Waals surface area contributed by atoms with Gasteiger partial charge in [0.25, 0.3) is 5.91 Å². The number of ether oxygens (including phenoxy) is 5. The number of carbonyl (C=O) groups is 9. The smallest absolute Gasteiger partial charge is 0.309 e. The molecule has 1 fully saturated rings. The number of carboxylic acid groups (broad SMARTS) is 2. The van der Waals surface area contributed by atoms with E-state index < -0.39 is 72.1 Å². The van der Waals surface area contributed by atoms with E-state index in [0.29, 0.717) is 56.1 Å². The molecule has 0 spiro atoms. The van der Waals surface area contributed by atoms with Crippen molar-refractivity contribution in [3.05, 3.63) is 117 Å². The third-order valence-corrected chi connectivity index (χ3v) is 21.3. The second-order valence-electron chi connectivity index (χ2n) is 29.8. The number of unbranched alkanes of at least 4 members (excludes halogenated alkanes) is 3. The highest BCUT2D eigenvalue weighted by atomic mass is 32.1. The monoisotopic (exact) mass is 1550 g/mol. The Morgan fingerprint density at radius 1 is 0.755 bits per heavy atom. The Morgan fingerprint density at radius 2 is 1.45 bits per heavy atom. The number of hydrogen-bond acceptors (Lipinski definition) is 18. The van der Waals surface area contributed by atoms with Crippen LogP contribution in [-0.4, -0.2) is 208 Å². The number of benzene rings is 3. The second kappa shape index (κ2) is 48.7. The van der Waals surface area contributed by atoms with Gasteiger partial charge in [-0.2, -0.15) is 0 Å². The van der Waals surface area contributed by atoms with Gasteiger partial charge in [-0.1, -0.05) is 140 Å². The molecule has 0 saturated carbocycles. The molecule has 26 nitrogen and oxygen atoms in total. The number of likely N-dealkylation sites (N-methyl/N-ethyl adjacent to an activating group) is 1.